The van der Waals surface area contributed by atoms with Gasteiger partial charge < -0.3 is 9.32 Å². The molecule has 3 aromatic rings. The van der Waals surface area contributed by atoms with E-state index >= 15 is 0 Å². The summed E-state index contributed by atoms with van der Waals surface area (Å²) >= 11 is 1.51. The van der Waals surface area contributed by atoms with Crippen LogP contribution in [0, 0.1) is 13.8 Å². The van der Waals surface area contributed by atoms with Crippen LogP contribution in [0.4, 0.5) is 0 Å². The third kappa shape index (κ3) is 3.32. The number of hydrogen-bond donors (Lipinski definition) is 0. The van der Waals surface area contributed by atoms with Crippen LogP contribution >= 0.6 is 11.3 Å². The van der Waals surface area contributed by atoms with Crippen molar-refractivity contribution in [3.05, 3.63) is 58.6 Å². The number of hydrogen-bond acceptors (Lipinski definition) is 5. The molecule has 0 unspecified atom stereocenters. The Morgan fingerprint density at radius 2 is 1.96 bits per heavy atom. The van der Waals surface area contributed by atoms with Gasteiger partial charge in [0.25, 0.3) is 5.91 Å². The van der Waals surface area contributed by atoms with Crippen molar-refractivity contribution >= 4 is 17.2 Å². The van der Waals surface area contributed by atoms with E-state index in [1.165, 1.54) is 11.3 Å². The number of aryl methyl sites for hydroxylation is 2. The quantitative estimate of drug-likeness (QED) is 0.733. The highest BCUT2D eigenvalue weighted by Gasteiger charge is 2.19. The van der Waals surface area contributed by atoms with Crippen molar-refractivity contribution < 1.29 is 9.21 Å². The molecule has 3 rings (SSSR count). The standard InChI is InChI=1S/C17H17N3O2S/c1-11-9-14(23-16(11)13-7-5-4-6-8-13)17(21)20(3)10-15-19-18-12(2)22-15/h4-9H,10H2,1-3H3. The number of aromatic nitrogens is 2. The molecule has 0 aliphatic heterocycles. The summed E-state index contributed by atoms with van der Waals surface area (Å²) in [5, 5.41) is 7.70. The van der Waals surface area contributed by atoms with Crippen LogP contribution in [-0.4, -0.2) is 28.1 Å². The molecule has 0 spiro atoms. The summed E-state index contributed by atoms with van der Waals surface area (Å²) in [6.07, 6.45) is 0. The molecule has 1 aromatic carbocycles. The van der Waals surface area contributed by atoms with E-state index < -0.39 is 0 Å². The summed E-state index contributed by atoms with van der Waals surface area (Å²) in [6, 6.07) is 12.0. The van der Waals surface area contributed by atoms with Gasteiger partial charge in [-0.1, -0.05) is 30.3 Å². The van der Waals surface area contributed by atoms with Crippen LogP contribution in [-0.2, 0) is 6.54 Å². The Labute approximate surface area is 138 Å². The molecule has 1 amide bonds. The van der Waals surface area contributed by atoms with Gasteiger partial charge in [0, 0.05) is 18.8 Å². The molecule has 0 saturated heterocycles. The van der Waals surface area contributed by atoms with E-state index in [0.29, 0.717) is 23.2 Å². The summed E-state index contributed by atoms with van der Waals surface area (Å²) in [7, 11) is 1.74. The molecule has 2 aromatic heterocycles. The Hall–Kier alpha value is -2.47. The van der Waals surface area contributed by atoms with Crippen molar-refractivity contribution in [3.8, 4) is 10.4 Å². The number of nitrogens with zero attached hydrogens (tertiary/aromatic N) is 3. The van der Waals surface area contributed by atoms with Gasteiger partial charge in [-0.05, 0) is 24.1 Å². The molecule has 0 aliphatic rings. The summed E-state index contributed by atoms with van der Waals surface area (Å²) in [6.45, 7) is 4.06. The molecule has 0 radical (unpaired) electrons. The first-order chi connectivity index (χ1) is 11.0. The lowest BCUT2D eigenvalue weighted by Crippen LogP contribution is -2.25. The summed E-state index contributed by atoms with van der Waals surface area (Å²) in [4.78, 5) is 16.0. The maximum Gasteiger partial charge on any atom is 0.264 e. The highest BCUT2D eigenvalue weighted by Crippen LogP contribution is 2.32. The molecular weight excluding hydrogens is 310 g/mol. The van der Waals surface area contributed by atoms with E-state index in [-0.39, 0.29) is 5.91 Å². The number of thiophene rings is 1. The van der Waals surface area contributed by atoms with Crippen LogP contribution in [0.5, 0.6) is 0 Å². The Morgan fingerprint density at radius 1 is 1.22 bits per heavy atom. The number of carbonyl (C=O) groups is 1. The molecule has 0 saturated carbocycles. The van der Waals surface area contributed by atoms with Gasteiger partial charge in [-0.2, -0.15) is 0 Å². The van der Waals surface area contributed by atoms with Crippen LogP contribution in [0.1, 0.15) is 27.0 Å². The first-order valence-electron chi connectivity index (χ1n) is 7.25. The van der Waals surface area contributed by atoms with Gasteiger partial charge in [-0.15, -0.1) is 21.5 Å². The fraction of sp³-hybridized carbons (Fsp3) is 0.235. The summed E-state index contributed by atoms with van der Waals surface area (Å²) in [5.74, 6) is 0.894. The fourth-order valence-corrected chi connectivity index (χ4v) is 3.50. The lowest BCUT2D eigenvalue weighted by Gasteiger charge is -2.13. The summed E-state index contributed by atoms with van der Waals surface area (Å²) in [5.41, 5.74) is 2.23. The second-order valence-corrected chi connectivity index (χ2v) is 6.42. The highest BCUT2D eigenvalue weighted by atomic mass is 32.1. The molecule has 0 N–H and O–H groups in total. The molecule has 118 valence electrons. The monoisotopic (exact) mass is 327 g/mol. The predicted molar refractivity (Wildman–Crippen MR) is 89.3 cm³/mol. The second kappa shape index (κ2) is 6.34. The number of amides is 1. The van der Waals surface area contributed by atoms with Crippen molar-refractivity contribution in [2.75, 3.05) is 7.05 Å². The minimum Gasteiger partial charge on any atom is -0.424 e. The van der Waals surface area contributed by atoms with Gasteiger partial charge in [0.1, 0.15) is 0 Å². The fourth-order valence-electron chi connectivity index (χ4n) is 2.33. The van der Waals surface area contributed by atoms with Crippen LogP contribution < -0.4 is 0 Å². The Bertz CT molecular complexity index is 823. The molecular formula is C17H17N3O2S. The molecule has 6 heteroatoms. The zero-order valence-electron chi connectivity index (χ0n) is 13.2. The zero-order chi connectivity index (χ0) is 16.4. The Kier molecular flexibility index (Phi) is 4.25. The van der Waals surface area contributed by atoms with Gasteiger partial charge in [0.15, 0.2) is 0 Å². The van der Waals surface area contributed by atoms with Crippen LogP contribution in [0.2, 0.25) is 0 Å². The van der Waals surface area contributed by atoms with Crippen molar-refractivity contribution in [2.45, 2.75) is 20.4 Å². The zero-order valence-corrected chi connectivity index (χ0v) is 14.1. The SMILES string of the molecule is Cc1nnc(CN(C)C(=O)c2cc(C)c(-c3ccccc3)s2)o1. The molecule has 0 aliphatic carbocycles. The van der Waals surface area contributed by atoms with Crippen LogP contribution in [0.3, 0.4) is 0 Å². The van der Waals surface area contributed by atoms with Crippen molar-refractivity contribution in [1.29, 1.82) is 0 Å². The third-order valence-electron chi connectivity index (χ3n) is 3.45. The number of carbonyl (C=O) groups excluding carboxylic acids is 1. The van der Waals surface area contributed by atoms with Gasteiger partial charge in [-0.3, -0.25) is 4.79 Å². The van der Waals surface area contributed by atoms with Crippen molar-refractivity contribution in [1.82, 2.24) is 15.1 Å². The second-order valence-electron chi connectivity index (χ2n) is 5.36. The highest BCUT2D eigenvalue weighted by molar-refractivity contribution is 7.17. The van der Waals surface area contributed by atoms with E-state index in [2.05, 4.69) is 22.3 Å². The summed E-state index contributed by atoms with van der Waals surface area (Å²) < 4.78 is 5.33. The largest absolute Gasteiger partial charge is 0.424 e. The number of benzene rings is 1. The molecule has 0 atom stereocenters. The van der Waals surface area contributed by atoms with E-state index in [4.69, 9.17) is 4.42 Å². The smallest absolute Gasteiger partial charge is 0.264 e. The lowest BCUT2D eigenvalue weighted by molar-refractivity contribution is 0.0777. The molecule has 0 bridgehead atoms. The minimum absolute atomic E-state index is 0.0452. The average molecular weight is 327 g/mol. The topological polar surface area (TPSA) is 59.2 Å². The molecule has 0 fully saturated rings. The Morgan fingerprint density at radius 3 is 2.61 bits per heavy atom. The molecule has 23 heavy (non-hydrogen) atoms. The molecule has 2 heterocycles. The lowest BCUT2D eigenvalue weighted by atomic mass is 10.1. The Balaban J connectivity index is 1.80. The van der Waals surface area contributed by atoms with Gasteiger partial charge >= 0.3 is 0 Å². The van der Waals surface area contributed by atoms with E-state index in [1.54, 1.807) is 18.9 Å². The predicted octanol–water partition coefficient (Wildman–Crippen LogP) is 3.69. The first kappa shape index (κ1) is 15.4. The van der Waals surface area contributed by atoms with Gasteiger partial charge in [0.2, 0.25) is 11.8 Å². The molecule has 5 nitrogen and oxygen atoms in total. The minimum atomic E-state index is -0.0452. The van der Waals surface area contributed by atoms with E-state index in [9.17, 15) is 4.79 Å². The first-order valence-corrected chi connectivity index (χ1v) is 8.06. The maximum atomic E-state index is 12.6. The normalized spacial score (nSPS) is 10.7. The van der Waals surface area contributed by atoms with Crippen molar-refractivity contribution in [3.63, 3.8) is 0 Å². The van der Waals surface area contributed by atoms with Crippen molar-refractivity contribution in [2.24, 2.45) is 0 Å². The van der Waals surface area contributed by atoms with Crippen LogP contribution in [0.15, 0.2) is 40.8 Å². The number of rotatable bonds is 4. The maximum absolute atomic E-state index is 12.6. The van der Waals surface area contributed by atoms with Gasteiger partial charge in [0.05, 0.1) is 11.4 Å². The van der Waals surface area contributed by atoms with Crippen LogP contribution in [0.25, 0.3) is 10.4 Å². The van der Waals surface area contributed by atoms with E-state index in [1.807, 2.05) is 31.2 Å². The van der Waals surface area contributed by atoms with E-state index in [0.717, 1.165) is 16.0 Å². The average Bonchev–Trinajstić information content (AvgIpc) is 3.13. The van der Waals surface area contributed by atoms with Gasteiger partial charge in [-0.25, -0.2) is 0 Å². The third-order valence-corrected chi connectivity index (χ3v) is 4.73.